The van der Waals surface area contributed by atoms with Crippen LogP contribution in [0.15, 0.2) is 77.8 Å². The second-order valence-electron chi connectivity index (χ2n) is 8.31. The van der Waals surface area contributed by atoms with Gasteiger partial charge in [-0.15, -0.1) is 0 Å². The summed E-state index contributed by atoms with van der Waals surface area (Å²) in [5, 5.41) is 14.6. The van der Waals surface area contributed by atoms with Gasteiger partial charge in [-0.3, -0.25) is 4.79 Å². The number of H-pyrrole nitrogens is 1. The lowest BCUT2D eigenvalue weighted by Crippen LogP contribution is -2.32. The van der Waals surface area contributed by atoms with E-state index in [4.69, 9.17) is 9.73 Å². The number of hydrogen-bond donors (Lipinski definition) is 3. The Morgan fingerprint density at radius 3 is 2.47 bits per heavy atom. The van der Waals surface area contributed by atoms with E-state index in [-0.39, 0.29) is 11.8 Å². The number of methoxy groups -OCH3 is 1. The summed E-state index contributed by atoms with van der Waals surface area (Å²) in [5.41, 5.74) is 3.84. The summed E-state index contributed by atoms with van der Waals surface area (Å²) in [6.45, 7) is 1.27. The van der Waals surface area contributed by atoms with Crippen LogP contribution in [0.5, 0.6) is 5.88 Å². The number of carbonyl (C=O) groups excluding carboxylic acids is 2. The molecule has 0 aliphatic rings. The molecule has 0 aliphatic heterocycles. The number of benzene rings is 3. The Hall–Kier alpha value is -4.43. The number of rotatable bonds is 8. The van der Waals surface area contributed by atoms with Crippen LogP contribution >= 0.6 is 0 Å². The molecule has 0 bridgehead atoms. The van der Waals surface area contributed by atoms with Gasteiger partial charge in [-0.25, -0.2) is 9.79 Å². The zero-order valence-corrected chi connectivity index (χ0v) is 20.4. The van der Waals surface area contributed by atoms with Crippen molar-refractivity contribution in [3.05, 3.63) is 95.1 Å². The lowest BCUT2D eigenvalue weighted by molar-refractivity contribution is 0.0600. The fourth-order valence-electron chi connectivity index (χ4n) is 3.97. The van der Waals surface area contributed by atoms with E-state index < -0.39 is 5.97 Å². The van der Waals surface area contributed by atoms with Gasteiger partial charge in [-0.2, -0.15) is 0 Å². The largest absolute Gasteiger partial charge is 0.494 e. The normalized spacial score (nSPS) is 11.5. The van der Waals surface area contributed by atoms with E-state index in [0.717, 1.165) is 5.56 Å². The SMILES string of the molecule is CNCCN(C)C(=O)c1cccc(N=C(c2ccccc2)c2c(O)[nH]c3cc(C(=O)OC)ccc23)c1. The highest BCUT2D eigenvalue weighted by Crippen LogP contribution is 2.32. The molecular formula is C28H28N4O4. The number of nitrogens with zero attached hydrogens (tertiary/aromatic N) is 2. The Bertz CT molecular complexity index is 1430. The van der Waals surface area contributed by atoms with Crippen molar-refractivity contribution in [2.75, 3.05) is 34.3 Å². The van der Waals surface area contributed by atoms with Crippen LogP contribution in [0.4, 0.5) is 5.69 Å². The van der Waals surface area contributed by atoms with Crippen LogP contribution < -0.4 is 5.32 Å². The summed E-state index contributed by atoms with van der Waals surface area (Å²) in [5.74, 6) is -0.645. The van der Waals surface area contributed by atoms with Crippen molar-refractivity contribution in [2.45, 2.75) is 0 Å². The molecule has 0 saturated carbocycles. The van der Waals surface area contributed by atoms with Gasteiger partial charge < -0.3 is 25.0 Å². The van der Waals surface area contributed by atoms with E-state index in [1.807, 2.05) is 43.4 Å². The smallest absolute Gasteiger partial charge is 0.337 e. The van der Waals surface area contributed by atoms with Crippen molar-refractivity contribution >= 4 is 34.2 Å². The number of aromatic nitrogens is 1. The minimum absolute atomic E-state index is 0.0753. The summed E-state index contributed by atoms with van der Waals surface area (Å²) >= 11 is 0. The summed E-state index contributed by atoms with van der Waals surface area (Å²) in [7, 11) is 4.92. The summed E-state index contributed by atoms with van der Waals surface area (Å²) in [4.78, 5) is 34.4. The molecule has 3 N–H and O–H groups in total. The zero-order valence-electron chi connectivity index (χ0n) is 20.4. The van der Waals surface area contributed by atoms with Crippen molar-refractivity contribution in [3.8, 4) is 5.88 Å². The first-order chi connectivity index (χ1) is 17.4. The number of hydrogen-bond acceptors (Lipinski definition) is 6. The molecule has 0 radical (unpaired) electrons. The van der Waals surface area contributed by atoms with Crippen LogP contribution in [0.25, 0.3) is 10.9 Å². The third-order valence-corrected chi connectivity index (χ3v) is 5.86. The number of aromatic hydroxyl groups is 1. The molecule has 1 aromatic heterocycles. The molecule has 0 fully saturated rings. The van der Waals surface area contributed by atoms with Crippen LogP contribution in [-0.2, 0) is 4.74 Å². The number of aliphatic imine (C=N–C) groups is 1. The predicted octanol–water partition coefficient (Wildman–Crippen LogP) is 4.12. The van der Waals surface area contributed by atoms with Crippen LogP contribution in [0.2, 0.25) is 0 Å². The highest BCUT2D eigenvalue weighted by atomic mass is 16.5. The first kappa shape index (κ1) is 24.7. The Morgan fingerprint density at radius 1 is 1.00 bits per heavy atom. The summed E-state index contributed by atoms with van der Waals surface area (Å²) in [6.07, 6.45) is 0. The molecular weight excluding hydrogens is 456 g/mol. The number of amides is 1. The van der Waals surface area contributed by atoms with Crippen molar-refractivity contribution in [1.29, 1.82) is 0 Å². The quantitative estimate of drug-likeness (QED) is 0.258. The molecule has 0 unspecified atom stereocenters. The Labute approximate surface area is 209 Å². The highest BCUT2D eigenvalue weighted by Gasteiger charge is 2.20. The van der Waals surface area contributed by atoms with E-state index in [0.29, 0.717) is 52.1 Å². The first-order valence-electron chi connectivity index (χ1n) is 11.5. The maximum Gasteiger partial charge on any atom is 0.337 e. The first-order valence-corrected chi connectivity index (χ1v) is 11.5. The van der Waals surface area contributed by atoms with Crippen molar-refractivity contribution in [2.24, 2.45) is 4.99 Å². The summed E-state index contributed by atoms with van der Waals surface area (Å²) < 4.78 is 4.81. The third kappa shape index (κ3) is 5.13. The van der Waals surface area contributed by atoms with Gasteiger partial charge in [-0.05, 0) is 37.4 Å². The van der Waals surface area contributed by atoms with Crippen LogP contribution in [0.1, 0.15) is 31.8 Å². The number of fused-ring (bicyclic) bond motifs is 1. The van der Waals surface area contributed by atoms with Gasteiger partial charge in [0.15, 0.2) is 5.88 Å². The predicted molar refractivity (Wildman–Crippen MR) is 140 cm³/mol. The number of esters is 1. The van der Waals surface area contributed by atoms with E-state index in [1.54, 1.807) is 48.3 Å². The lowest BCUT2D eigenvalue weighted by Gasteiger charge is -2.17. The molecule has 3 aromatic carbocycles. The Kier molecular flexibility index (Phi) is 7.46. The molecule has 8 nitrogen and oxygen atoms in total. The van der Waals surface area contributed by atoms with Crippen molar-refractivity contribution < 1.29 is 19.4 Å². The number of nitrogens with one attached hydrogen (secondary N) is 2. The molecule has 8 heteroatoms. The van der Waals surface area contributed by atoms with Crippen LogP contribution in [-0.4, -0.2) is 66.9 Å². The molecule has 36 heavy (non-hydrogen) atoms. The molecule has 1 amide bonds. The Morgan fingerprint density at radius 2 is 1.75 bits per heavy atom. The minimum Gasteiger partial charge on any atom is -0.494 e. The van der Waals surface area contributed by atoms with Crippen LogP contribution in [0, 0.1) is 0 Å². The number of carbonyl (C=O) groups is 2. The van der Waals surface area contributed by atoms with Gasteiger partial charge in [-0.1, -0.05) is 42.5 Å². The molecule has 0 saturated heterocycles. The molecule has 4 rings (SSSR count). The molecule has 0 atom stereocenters. The van der Waals surface area contributed by atoms with E-state index >= 15 is 0 Å². The molecule has 0 spiro atoms. The minimum atomic E-state index is -0.467. The topological polar surface area (TPSA) is 107 Å². The maximum absolute atomic E-state index is 12.9. The molecule has 4 aromatic rings. The van der Waals surface area contributed by atoms with E-state index in [2.05, 4.69) is 10.3 Å². The average molecular weight is 485 g/mol. The van der Waals surface area contributed by atoms with E-state index in [1.165, 1.54) is 7.11 Å². The number of aromatic amines is 1. The fraction of sp³-hybridized carbons (Fsp3) is 0.179. The van der Waals surface area contributed by atoms with Gasteiger partial charge in [0.25, 0.3) is 5.91 Å². The monoisotopic (exact) mass is 484 g/mol. The standard InChI is InChI=1S/C28H28N4O4/c1-29-14-15-32(2)27(34)19-10-7-11-21(16-19)30-25(18-8-5-4-6-9-18)24-22-13-12-20(28(35)36-3)17-23(22)31-26(24)33/h4-13,16-17,29,31,33H,14-15H2,1-3H3. The Balaban J connectivity index is 1.82. The van der Waals surface area contributed by atoms with Gasteiger partial charge in [0, 0.05) is 42.2 Å². The maximum atomic E-state index is 12.9. The van der Waals surface area contributed by atoms with Crippen molar-refractivity contribution in [3.63, 3.8) is 0 Å². The number of ether oxygens (including phenoxy) is 1. The second-order valence-corrected chi connectivity index (χ2v) is 8.31. The average Bonchev–Trinajstić information content (AvgIpc) is 3.24. The van der Waals surface area contributed by atoms with Gasteiger partial charge in [0.2, 0.25) is 0 Å². The van der Waals surface area contributed by atoms with Gasteiger partial charge in [0.05, 0.1) is 29.6 Å². The van der Waals surface area contributed by atoms with Crippen LogP contribution in [0.3, 0.4) is 0 Å². The molecule has 0 aliphatic carbocycles. The van der Waals surface area contributed by atoms with Gasteiger partial charge >= 0.3 is 5.97 Å². The van der Waals surface area contributed by atoms with Crippen molar-refractivity contribution in [1.82, 2.24) is 15.2 Å². The second kappa shape index (κ2) is 10.9. The third-order valence-electron chi connectivity index (χ3n) is 5.86. The zero-order chi connectivity index (χ0) is 25.7. The van der Waals surface area contributed by atoms with E-state index in [9.17, 15) is 14.7 Å². The lowest BCUT2D eigenvalue weighted by atomic mass is 10.00. The van der Waals surface area contributed by atoms with Gasteiger partial charge in [0.1, 0.15) is 0 Å². The molecule has 184 valence electrons. The summed E-state index contributed by atoms with van der Waals surface area (Å²) in [6, 6.07) is 21.6. The number of likely N-dealkylation sites (N-methyl/N-ethyl adjacent to an activating group) is 2. The fourth-order valence-corrected chi connectivity index (χ4v) is 3.97. The molecule has 1 heterocycles. The highest BCUT2D eigenvalue weighted by molar-refractivity contribution is 6.22.